The summed E-state index contributed by atoms with van der Waals surface area (Å²) in [6.07, 6.45) is 4.89. The van der Waals surface area contributed by atoms with Crippen LogP contribution in [0.5, 0.6) is 0 Å². The first-order valence-electron chi connectivity index (χ1n) is 8.17. The Hall–Kier alpha value is -1.66. The average molecular weight is 332 g/mol. The van der Waals surface area contributed by atoms with Crippen molar-refractivity contribution in [1.82, 2.24) is 9.97 Å². The summed E-state index contributed by atoms with van der Waals surface area (Å²) in [6.45, 7) is 3.09. The van der Waals surface area contributed by atoms with Crippen molar-refractivity contribution >= 4 is 23.0 Å². The van der Waals surface area contributed by atoms with Crippen molar-refractivity contribution in [3.05, 3.63) is 34.8 Å². The number of hydrogen-bond acceptors (Lipinski definition) is 6. The molecule has 0 spiro atoms. The van der Waals surface area contributed by atoms with E-state index in [1.54, 1.807) is 17.7 Å². The van der Waals surface area contributed by atoms with Crippen molar-refractivity contribution in [1.29, 1.82) is 0 Å². The van der Waals surface area contributed by atoms with Crippen LogP contribution in [0, 0.1) is 5.92 Å². The van der Waals surface area contributed by atoms with E-state index in [4.69, 9.17) is 0 Å². The molecule has 6 heteroatoms. The molecule has 23 heavy (non-hydrogen) atoms. The van der Waals surface area contributed by atoms with E-state index < -0.39 is 0 Å². The summed E-state index contributed by atoms with van der Waals surface area (Å²) in [5.41, 5.74) is 0. The Kier molecular flexibility index (Phi) is 5.46. The van der Waals surface area contributed by atoms with Gasteiger partial charge < -0.3 is 14.9 Å². The SMILES string of the molecule is CN(CCc1cccs1)c1cc(N2CCCC(CO)C2)ncn1. The van der Waals surface area contributed by atoms with E-state index in [2.05, 4.69) is 50.4 Å². The molecular formula is C17H24N4OS. The fraction of sp³-hybridized carbons (Fsp3) is 0.529. The fourth-order valence-corrected chi connectivity index (χ4v) is 3.69. The molecule has 1 atom stereocenters. The fourth-order valence-electron chi connectivity index (χ4n) is 2.99. The minimum Gasteiger partial charge on any atom is -0.396 e. The minimum absolute atomic E-state index is 0.259. The van der Waals surface area contributed by atoms with Gasteiger partial charge >= 0.3 is 0 Å². The Morgan fingerprint density at radius 2 is 2.35 bits per heavy atom. The zero-order valence-electron chi connectivity index (χ0n) is 13.6. The highest BCUT2D eigenvalue weighted by Gasteiger charge is 2.20. The van der Waals surface area contributed by atoms with Gasteiger partial charge in [0.2, 0.25) is 0 Å². The molecule has 3 rings (SSSR count). The number of hydrogen-bond donors (Lipinski definition) is 1. The molecular weight excluding hydrogens is 308 g/mol. The number of aliphatic hydroxyl groups is 1. The lowest BCUT2D eigenvalue weighted by molar-refractivity contribution is 0.208. The van der Waals surface area contributed by atoms with Gasteiger partial charge in [-0.05, 0) is 36.6 Å². The van der Waals surface area contributed by atoms with E-state index >= 15 is 0 Å². The molecule has 0 radical (unpaired) electrons. The van der Waals surface area contributed by atoms with Crippen molar-refractivity contribution in [3.8, 4) is 0 Å². The Labute approximate surface area is 141 Å². The molecule has 0 amide bonds. The molecule has 1 saturated heterocycles. The van der Waals surface area contributed by atoms with Gasteiger partial charge in [0.1, 0.15) is 18.0 Å². The zero-order valence-corrected chi connectivity index (χ0v) is 14.4. The van der Waals surface area contributed by atoms with E-state index in [0.717, 1.165) is 50.5 Å². The topological polar surface area (TPSA) is 52.5 Å². The summed E-state index contributed by atoms with van der Waals surface area (Å²) in [6, 6.07) is 6.33. The van der Waals surface area contributed by atoms with Crippen molar-refractivity contribution in [2.45, 2.75) is 19.3 Å². The maximum Gasteiger partial charge on any atom is 0.134 e. The van der Waals surface area contributed by atoms with Crippen LogP contribution in [0.1, 0.15) is 17.7 Å². The molecule has 1 N–H and O–H groups in total. The van der Waals surface area contributed by atoms with E-state index in [1.165, 1.54) is 4.88 Å². The first-order chi connectivity index (χ1) is 11.3. The summed E-state index contributed by atoms with van der Waals surface area (Å²) < 4.78 is 0. The summed E-state index contributed by atoms with van der Waals surface area (Å²) in [5, 5.41) is 11.5. The molecule has 1 aliphatic rings. The smallest absolute Gasteiger partial charge is 0.134 e. The third kappa shape index (κ3) is 4.20. The summed E-state index contributed by atoms with van der Waals surface area (Å²) in [4.78, 5) is 14.7. The molecule has 0 bridgehead atoms. The monoisotopic (exact) mass is 332 g/mol. The standard InChI is InChI=1S/C17H24N4OS/c1-20(8-6-15-5-3-9-23-15)16-10-17(19-13-18-16)21-7-2-4-14(11-21)12-22/h3,5,9-10,13-14,22H,2,4,6-8,11-12H2,1H3. The Balaban J connectivity index is 1.64. The number of anilines is 2. The molecule has 5 nitrogen and oxygen atoms in total. The number of nitrogens with zero attached hydrogens (tertiary/aromatic N) is 4. The van der Waals surface area contributed by atoms with Crippen LogP contribution in [0.15, 0.2) is 29.9 Å². The second-order valence-electron chi connectivity index (χ2n) is 6.12. The number of likely N-dealkylation sites (N-methyl/N-ethyl adjacent to an activating group) is 1. The molecule has 3 heterocycles. The van der Waals surface area contributed by atoms with Crippen LogP contribution in [0.25, 0.3) is 0 Å². The van der Waals surface area contributed by atoms with E-state index in [0.29, 0.717) is 5.92 Å². The van der Waals surface area contributed by atoms with Gasteiger partial charge in [-0.25, -0.2) is 9.97 Å². The van der Waals surface area contributed by atoms with Crippen molar-refractivity contribution in [2.75, 3.05) is 43.1 Å². The van der Waals surface area contributed by atoms with Gasteiger partial charge in [-0.1, -0.05) is 6.07 Å². The summed E-state index contributed by atoms with van der Waals surface area (Å²) in [5.74, 6) is 2.28. The molecule has 0 aromatic carbocycles. The number of thiophene rings is 1. The van der Waals surface area contributed by atoms with E-state index in [-0.39, 0.29) is 6.61 Å². The lowest BCUT2D eigenvalue weighted by Gasteiger charge is -2.33. The summed E-state index contributed by atoms with van der Waals surface area (Å²) >= 11 is 1.80. The first-order valence-corrected chi connectivity index (χ1v) is 9.05. The number of aromatic nitrogens is 2. The van der Waals surface area contributed by atoms with Crippen LogP contribution in [0.3, 0.4) is 0 Å². The molecule has 1 fully saturated rings. The second-order valence-corrected chi connectivity index (χ2v) is 7.15. The van der Waals surface area contributed by atoms with Gasteiger partial charge in [-0.2, -0.15) is 0 Å². The minimum atomic E-state index is 0.259. The van der Waals surface area contributed by atoms with Crippen LogP contribution < -0.4 is 9.80 Å². The third-order valence-electron chi connectivity index (χ3n) is 4.40. The molecule has 124 valence electrons. The predicted molar refractivity (Wildman–Crippen MR) is 95.3 cm³/mol. The number of rotatable bonds is 6. The van der Waals surface area contributed by atoms with Crippen molar-refractivity contribution in [3.63, 3.8) is 0 Å². The highest BCUT2D eigenvalue weighted by atomic mass is 32.1. The molecule has 0 saturated carbocycles. The molecule has 0 aliphatic carbocycles. The van der Waals surface area contributed by atoms with Crippen LogP contribution in [-0.4, -0.2) is 48.4 Å². The van der Waals surface area contributed by atoms with Gasteiger partial charge in [0.05, 0.1) is 0 Å². The Morgan fingerprint density at radius 1 is 1.43 bits per heavy atom. The van der Waals surface area contributed by atoms with Gasteiger partial charge in [0.25, 0.3) is 0 Å². The molecule has 1 aliphatic heterocycles. The Bertz CT molecular complexity index is 604. The lowest BCUT2D eigenvalue weighted by Crippen LogP contribution is -2.37. The highest BCUT2D eigenvalue weighted by Crippen LogP contribution is 2.23. The van der Waals surface area contributed by atoms with Gasteiger partial charge in [0.15, 0.2) is 0 Å². The van der Waals surface area contributed by atoms with Gasteiger partial charge in [-0.15, -0.1) is 11.3 Å². The zero-order chi connectivity index (χ0) is 16.1. The molecule has 2 aromatic heterocycles. The lowest BCUT2D eigenvalue weighted by atomic mass is 9.99. The van der Waals surface area contributed by atoms with Crippen molar-refractivity contribution < 1.29 is 5.11 Å². The van der Waals surface area contributed by atoms with E-state index in [1.807, 2.05) is 0 Å². The van der Waals surface area contributed by atoms with Crippen LogP contribution >= 0.6 is 11.3 Å². The predicted octanol–water partition coefficient (Wildman–Crippen LogP) is 2.43. The molecule has 2 aromatic rings. The molecule has 1 unspecified atom stereocenters. The Morgan fingerprint density at radius 3 is 3.13 bits per heavy atom. The maximum atomic E-state index is 9.39. The largest absolute Gasteiger partial charge is 0.396 e. The quantitative estimate of drug-likeness (QED) is 0.880. The van der Waals surface area contributed by atoms with Crippen molar-refractivity contribution in [2.24, 2.45) is 5.92 Å². The van der Waals surface area contributed by atoms with Gasteiger partial charge in [-0.3, -0.25) is 0 Å². The average Bonchev–Trinajstić information content (AvgIpc) is 3.13. The maximum absolute atomic E-state index is 9.39. The normalized spacial score (nSPS) is 18.2. The van der Waals surface area contributed by atoms with E-state index in [9.17, 15) is 5.11 Å². The first kappa shape index (κ1) is 16.2. The third-order valence-corrected chi connectivity index (χ3v) is 5.34. The van der Waals surface area contributed by atoms with Crippen LogP contribution in [-0.2, 0) is 6.42 Å². The summed E-state index contributed by atoms with van der Waals surface area (Å²) in [7, 11) is 2.08. The second kappa shape index (κ2) is 7.75. The highest BCUT2D eigenvalue weighted by molar-refractivity contribution is 7.09. The van der Waals surface area contributed by atoms with Gasteiger partial charge in [0, 0.05) is 44.2 Å². The van der Waals surface area contributed by atoms with Crippen LogP contribution in [0.2, 0.25) is 0 Å². The number of piperidine rings is 1. The number of aliphatic hydroxyl groups excluding tert-OH is 1. The van der Waals surface area contributed by atoms with Crippen LogP contribution in [0.4, 0.5) is 11.6 Å².